The van der Waals surface area contributed by atoms with E-state index in [-0.39, 0.29) is 5.92 Å². The average molecular weight is 159 g/mol. The first-order valence-corrected chi connectivity index (χ1v) is 3.76. The highest BCUT2D eigenvalue weighted by atomic mass is 16.5. The molecule has 11 heavy (non-hydrogen) atoms. The Morgan fingerprint density at radius 1 is 1.73 bits per heavy atom. The molecule has 0 aromatic heterocycles. The first kappa shape index (κ1) is 8.49. The Hall–Kier alpha value is -0.610. The summed E-state index contributed by atoms with van der Waals surface area (Å²) in [5.41, 5.74) is 5.41. The van der Waals surface area contributed by atoms with Crippen LogP contribution in [0.5, 0.6) is 0 Å². The van der Waals surface area contributed by atoms with Crippen LogP contribution in [0, 0.1) is 11.8 Å². The molecule has 1 rings (SSSR count). The Kier molecular flexibility index (Phi) is 2.84. The fourth-order valence-corrected chi connectivity index (χ4v) is 1.34. The molecule has 0 saturated carbocycles. The van der Waals surface area contributed by atoms with Gasteiger partial charge in [0.05, 0.1) is 12.5 Å². The zero-order valence-corrected chi connectivity index (χ0v) is 6.32. The van der Waals surface area contributed by atoms with Gasteiger partial charge in [-0.2, -0.15) is 0 Å². The molecule has 1 saturated heterocycles. The Bertz CT molecular complexity index is 149. The highest BCUT2D eigenvalue weighted by molar-refractivity contribution is 5.70. The zero-order valence-electron chi connectivity index (χ0n) is 6.32. The van der Waals surface area contributed by atoms with Gasteiger partial charge in [-0.25, -0.2) is 0 Å². The van der Waals surface area contributed by atoms with Crippen LogP contribution in [0.15, 0.2) is 0 Å². The van der Waals surface area contributed by atoms with Crippen LogP contribution in [0.2, 0.25) is 0 Å². The molecule has 0 unspecified atom stereocenters. The Balaban J connectivity index is 2.51. The van der Waals surface area contributed by atoms with Crippen molar-refractivity contribution in [3.05, 3.63) is 0 Å². The van der Waals surface area contributed by atoms with Crippen molar-refractivity contribution in [2.45, 2.75) is 6.42 Å². The number of nitrogens with two attached hydrogens (primary N) is 1. The van der Waals surface area contributed by atoms with Gasteiger partial charge in [0.1, 0.15) is 0 Å². The van der Waals surface area contributed by atoms with E-state index in [9.17, 15) is 4.79 Å². The molecule has 0 radical (unpaired) electrons. The van der Waals surface area contributed by atoms with Gasteiger partial charge < -0.3 is 15.6 Å². The van der Waals surface area contributed by atoms with Gasteiger partial charge in [0, 0.05) is 6.61 Å². The van der Waals surface area contributed by atoms with Gasteiger partial charge in [-0.3, -0.25) is 4.79 Å². The third-order valence-electron chi connectivity index (χ3n) is 2.12. The van der Waals surface area contributed by atoms with Crippen molar-refractivity contribution in [2.75, 3.05) is 19.8 Å². The van der Waals surface area contributed by atoms with Crippen molar-refractivity contribution in [3.63, 3.8) is 0 Å². The van der Waals surface area contributed by atoms with E-state index in [1.54, 1.807) is 0 Å². The summed E-state index contributed by atoms with van der Waals surface area (Å²) in [5.74, 6) is -1.09. The van der Waals surface area contributed by atoms with Crippen molar-refractivity contribution < 1.29 is 14.6 Å². The highest BCUT2D eigenvalue weighted by Crippen LogP contribution is 2.20. The lowest BCUT2D eigenvalue weighted by atomic mass is 9.89. The lowest BCUT2D eigenvalue weighted by molar-refractivity contribution is -0.149. The standard InChI is InChI=1S/C7H13NO3/c8-3-5-1-2-11-4-6(5)7(9)10/h5-6H,1-4,8H2,(H,9,10)/t5-,6-/m1/s1. The molecule has 4 heteroatoms. The number of carbonyl (C=O) groups is 1. The first-order chi connectivity index (χ1) is 5.25. The Morgan fingerprint density at radius 3 is 2.91 bits per heavy atom. The summed E-state index contributed by atoms with van der Waals surface area (Å²) in [5, 5.41) is 8.70. The van der Waals surface area contributed by atoms with Crippen molar-refractivity contribution >= 4 is 5.97 Å². The van der Waals surface area contributed by atoms with Crippen molar-refractivity contribution in [1.29, 1.82) is 0 Å². The van der Waals surface area contributed by atoms with Gasteiger partial charge in [0.2, 0.25) is 0 Å². The lowest BCUT2D eigenvalue weighted by Crippen LogP contribution is -2.37. The average Bonchev–Trinajstić information content (AvgIpc) is 2.04. The molecule has 0 aromatic rings. The minimum atomic E-state index is -0.792. The van der Waals surface area contributed by atoms with Gasteiger partial charge in [-0.15, -0.1) is 0 Å². The van der Waals surface area contributed by atoms with E-state index < -0.39 is 11.9 Å². The summed E-state index contributed by atoms with van der Waals surface area (Å²) in [4.78, 5) is 10.6. The highest BCUT2D eigenvalue weighted by Gasteiger charge is 2.30. The van der Waals surface area contributed by atoms with E-state index >= 15 is 0 Å². The number of carboxylic acid groups (broad SMARTS) is 1. The minimum absolute atomic E-state index is 0.0984. The van der Waals surface area contributed by atoms with E-state index in [1.165, 1.54) is 0 Å². The van der Waals surface area contributed by atoms with Crippen molar-refractivity contribution in [1.82, 2.24) is 0 Å². The number of rotatable bonds is 2. The second kappa shape index (κ2) is 3.69. The van der Waals surface area contributed by atoms with Gasteiger partial charge in [0.15, 0.2) is 0 Å². The summed E-state index contributed by atoms with van der Waals surface area (Å²) < 4.78 is 5.04. The fraction of sp³-hybridized carbons (Fsp3) is 0.857. The summed E-state index contributed by atoms with van der Waals surface area (Å²) >= 11 is 0. The van der Waals surface area contributed by atoms with Gasteiger partial charge in [0.25, 0.3) is 0 Å². The van der Waals surface area contributed by atoms with Crippen molar-refractivity contribution in [3.8, 4) is 0 Å². The lowest BCUT2D eigenvalue weighted by Gasteiger charge is -2.27. The maximum absolute atomic E-state index is 10.6. The molecule has 2 atom stereocenters. The van der Waals surface area contributed by atoms with Crippen LogP contribution in [-0.4, -0.2) is 30.8 Å². The molecule has 1 aliphatic heterocycles. The van der Waals surface area contributed by atoms with Crippen LogP contribution in [-0.2, 0) is 9.53 Å². The molecule has 0 spiro atoms. The van der Waals surface area contributed by atoms with Gasteiger partial charge in [-0.05, 0) is 18.9 Å². The molecule has 4 nitrogen and oxygen atoms in total. The van der Waals surface area contributed by atoms with E-state index in [1.807, 2.05) is 0 Å². The third kappa shape index (κ3) is 1.91. The van der Waals surface area contributed by atoms with Crippen LogP contribution in [0.4, 0.5) is 0 Å². The number of carboxylic acids is 1. The number of aliphatic carboxylic acids is 1. The zero-order chi connectivity index (χ0) is 8.27. The van der Waals surface area contributed by atoms with Gasteiger partial charge >= 0.3 is 5.97 Å². The maximum Gasteiger partial charge on any atom is 0.309 e. The van der Waals surface area contributed by atoms with Crippen LogP contribution < -0.4 is 5.73 Å². The number of hydrogen-bond acceptors (Lipinski definition) is 3. The quantitative estimate of drug-likeness (QED) is 0.579. The Morgan fingerprint density at radius 2 is 2.45 bits per heavy atom. The van der Waals surface area contributed by atoms with Gasteiger partial charge in [-0.1, -0.05) is 0 Å². The van der Waals surface area contributed by atoms with E-state index in [2.05, 4.69) is 0 Å². The normalized spacial score (nSPS) is 31.7. The second-order valence-electron chi connectivity index (χ2n) is 2.80. The largest absolute Gasteiger partial charge is 0.481 e. The first-order valence-electron chi connectivity index (χ1n) is 3.76. The second-order valence-corrected chi connectivity index (χ2v) is 2.80. The molecule has 1 aliphatic rings. The Labute approximate surface area is 65.3 Å². The summed E-state index contributed by atoms with van der Waals surface area (Å²) in [6, 6.07) is 0. The molecular weight excluding hydrogens is 146 g/mol. The molecule has 3 N–H and O–H groups in total. The topological polar surface area (TPSA) is 72.5 Å². The van der Waals surface area contributed by atoms with Crippen LogP contribution in [0.25, 0.3) is 0 Å². The number of hydrogen-bond donors (Lipinski definition) is 2. The molecule has 0 aliphatic carbocycles. The summed E-state index contributed by atoms with van der Waals surface area (Å²) in [6.45, 7) is 1.41. The fourth-order valence-electron chi connectivity index (χ4n) is 1.34. The van der Waals surface area contributed by atoms with E-state index in [0.29, 0.717) is 19.8 Å². The van der Waals surface area contributed by atoms with Crippen LogP contribution >= 0.6 is 0 Å². The summed E-state index contributed by atoms with van der Waals surface area (Å²) in [7, 11) is 0. The van der Waals surface area contributed by atoms with E-state index in [0.717, 1.165) is 6.42 Å². The molecular formula is C7H13NO3. The monoisotopic (exact) mass is 159 g/mol. The molecule has 1 heterocycles. The number of ether oxygens (including phenoxy) is 1. The van der Waals surface area contributed by atoms with Crippen molar-refractivity contribution in [2.24, 2.45) is 17.6 Å². The third-order valence-corrected chi connectivity index (χ3v) is 2.12. The molecule has 0 amide bonds. The van der Waals surface area contributed by atoms with Crippen LogP contribution in [0.3, 0.4) is 0 Å². The molecule has 0 bridgehead atoms. The SMILES string of the molecule is NC[C@H]1CCOC[C@H]1C(=O)O. The summed E-state index contributed by atoms with van der Waals surface area (Å²) in [6.07, 6.45) is 0.771. The predicted octanol–water partition coefficient (Wildman–Crippen LogP) is -0.318. The van der Waals surface area contributed by atoms with Crippen LogP contribution in [0.1, 0.15) is 6.42 Å². The maximum atomic E-state index is 10.6. The predicted molar refractivity (Wildman–Crippen MR) is 39.1 cm³/mol. The molecule has 1 fully saturated rings. The molecule has 64 valence electrons. The minimum Gasteiger partial charge on any atom is -0.481 e. The van der Waals surface area contributed by atoms with E-state index in [4.69, 9.17) is 15.6 Å². The smallest absolute Gasteiger partial charge is 0.309 e. The molecule has 0 aromatic carbocycles.